The molecule has 1 atom stereocenters. The second kappa shape index (κ2) is 8.35. The number of carbonyl (C=O) groups is 2. The Morgan fingerprint density at radius 3 is 2.89 bits per heavy atom. The number of morpholine rings is 1. The van der Waals surface area contributed by atoms with Gasteiger partial charge in [-0.15, -0.1) is 0 Å². The number of anilines is 1. The van der Waals surface area contributed by atoms with Crippen molar-refractivity contribution in [2.75, 3.05) is 51.8 Å². The maximum Gasteiger partial charge on any atom is 0.253 e. The fourth-order valence-electron chi connectivity index (χ4n) is 3.86. The summed E-state index contributed by atoms with van der Waals surface area (Å²) in [6.45, 7) is 2.38. The van der Waals surface area contributed by atoms with E-state index in [1.165, 1.54) is 12.1 Å². The smallest absolute Gasteiger partial charge is 0.253 e. The Morgan fingerprint density at radius 1 is 1.33 bits per heavy atom. The second-order valence-corrected chi connectivity index (χ2v) is 7.76. The van der Waals surface area contributed by atoms with Crippen LogP contribution in [-0.4, -0.2) is 74.1 Å². The van der Waals surface area contributed by atoms with Crippen molar-refractivity contribution in [2.24, 2.45) is 0 Å². The Morgan fingerprint density at radius 2 is 2.15 bits per heavy atom. The van der Waals surface area contributed by atoms with Crippen LogP contribution in [0.15, 0.2) is 24.3 Å². The van der Waals surface area contributed by atoms with Crippen molar-refractivity contribution in [3.05, 3.63) is 30.1 Å². The van der Waals surface area contributed by atoms with Crippen molar-refractivity contribution >= 4 is 17.5 Å². The molecule has 0 bridgehead atoms. The summed E-state index contributed by atoms with van der Waals surface area (Å²) in [4.78, 5) is 30.5. The first-order valence-corrected chi connectivity index (χ1v) is 9.51. The number of ether oxygens (including phenoxy) is 1. The normalized spacial score (nSPS) is 23.3. The third-order valence-corrected chi connectivity index (χ3v) is 5.26. The van der Waals surface area contributed by atoms with Gasteiger partial charge in [0.1, 0.15) is 18.0 Å². The zero-order chi connectivity index (χ0) is 19.4. The number of amides is 2. The number of rotatable bonds is 5. The van der Waals surface area contributed by atoms with Crippen molar-refractivity contribution < 1.29 is 18.7 Å². The molecule has 1 unspecified atom stereocenters. The van der Waals surface area contributed by atoms with Crippen LogP contribution in [0.1, 0.15) is 25.7 Å². The summed E-state index contributed by atoms with van der Waals surface area (Å²) in [5.74, 6) is -0.420. The van der Waals surface area contributed by atoms with Crippen LogP contribution in [0, 0.1) is 5.82 Å². The molecule has 2 amide bonds. The first-order valence-electron chi connectivity index (χ1n) is 9.51. The first kappa shape index (κ1) is 19.8. The first-order chi connectivity index (χ1) is 12.9. The Hall–Kier alpha value is -1.99. The van der Waals surface area contributed by atoms with E-state index in [4.69, 9.17) is 4.74 Å². The highest BCUT2D eigenvalue weighted by molar-refractivity contribution is 5.95. The summed E-state index contributed by atoms with van der Waals surface area (Å²) >= 11 is 0. The van der Waals surface area contributed by atoms with E-state index in [-0.39, 0.29) is 24.2 Å². The van der Waals surface area contributed by atoms with Gasteiger partial charge in [-0.25, -0.2) is 4.39 Å². The number of hydrogen-bond donors (Lipinski definition) is 0. The summed E-state index contributed by atoms with van der Waals surface area (Å²) in [7, 11) is 3.99. The summed E-state index contributed by atoms with van der Waals surface area (Å²) in [6, 6.07) is 6.05. The Balaban J connectivity index is 1.67. The van der Waals surface area contributed by atoms with Gasteiger partial charge in [0.15, 0.2) is 0 Å². The number of piperidine rings is 1. The van der Waals surface area contributed by atoms with E-state index in [1.807, 2.05) is 19.0 Å². The van der Waals surface area contributed by atoms with E-state index < -0.39 is 5.60 Å². The lowest BCUT2D eigenvalue weighted by Crippen LogP contribution is -2.62. The summed E-state index contributed by atoms with van der Waals surface area (Å²) in [5, 5.41) is 0. The average molecular weight is 377 g/mol. The topological polar surface area (TPSA) is 53.1 Å². The highest BCUT2D eigenvalue weighted by Crippen LogP contribution is 2.32. The molecule has 0 radical (unpaired) electrons. The molecule has 2 fully saturated rings. The average Bonchev–Trinajstić information content (AvgIpc) is 2.64. The van der Waals surface area contributed by atoms with E-state index in [2.05, 4.69) is 4.90 Å². The third-order valence-electron chi connectivity index (χ3n) is 5.26. The standard InChI is InChI=1S/C20H28FN3O3/c1-22(2)10-4-8-18(25)23-11-5-9-20(14-23)15-24(19(26)13-27-20)17-7-3-6-16(21)12-17/h3,6-7,12H,4-5,8-11,13-15H2,1-2H3. The Bertz CT molecular complexity index is 697. The van der Waals surface area contributed by atoms with Crippen molar-refractivity contribution in [3.8, 4) is 0 Å². The minimum atomic E-state index is -0.574. The molecule has 6 nitrogen and oxygen atoms in total. The highest BCUT2D eigenvalue weighted by atomic mass is 19.1. The van der Waals surface area contributed by atoms with Gasteiger partial charge in [-0.05, 0) is 58.1 Å². The fourth-order valence-corrected chi connectivity index (χ4v) is 3.86. The van der Waals surface area contributed by atoms with Crippen LogP contribution in [0.4, 0.5) is 10.1 Å². The minimum absolute atomic E-state index is 0.0425. The number of likely N-dealkylation sites (tertiary alicyclic amines) is 1. The van der Waals surface area contributed by atoms with Crippen LogP contribution >= 0.6 is 0 Å². The quantitative estimate of drug-likeness (QED) is 0.786. The molecule has 2 saturated heterocycles. The van der Waals surface area contributed by atoms with Gasteiger partial charge >= 0.3 is 0 Å². The van der Waals surface area contributed by atoms with Crippen LogP contribution in [0.25, 0.3) is 0 Å². The predicted molar refractivity (Wildman–Crippen MR) is 101 cm³/mol. The molecule has 2 aliphatic rings. The van der Waals surface area contributed by atoms with Gasteiger partial charge < -0.3 is 19.4 Å². The predicted octanol–water partition coefficient (Wildman–Crippen LogP) is 1.89. The van der Waals surface area contributed by atoms with Crippen LogP contribution in [-0.2, 0) is 14.3 Å². The molecular formula is C20H28FN3O3. The number of nitrogens with zero attached hydrogens (tertiary/aromatic N) is 3. The molecule has 27 heavy (non-hydrogen) atoms. The van der Waals surface area contributed by atoms with E-state index in [9.17, 15) is 14.0 Å². The van der Waals surface area contributed by atoms with Gasteiger partial charge in [0, 0.05) is 18.7 Å². The molecule has 0 aliphatic carbocycles. The molecule has 148 valence electrons. The van der Waals surface area contributed by atoms with Gasteiger partial charge in [-0.3, -0.25) is 9.59 Å². The summed E-state index contributed by atoms with van der Waals surface area (Å²) < 4.78 is 19.5. The van der Waals surface area contributed by atoms with Gasteiger partial charge in [0.25, 0.3) is 5.91 Å². The van der Waals surface area contributed by atoms with Crippen molar-refractivity contribution in [1.29, 1.82) is 0 Å². The van der Waals surface area contributed by atoms with Crippen LogP contribution in [0.5, 0.6) is 0 Å². The minimum Gasteiger partial charge on any atom is -0.361 e. The van der Waals surface area contributed by atoms with Crippen LogP contribution in [0.2, 0.25) is 0 Å². The number of benzene rings is 1. The molecule has 0 aromatic heterocycles. The second-order valence-electron chi connectivity index (χ2n) is 7.76. The lowest BCUT2D eigenvalue weighted by atomic mass is 9.90. The fraction of sp³-hybridized carbons (Fsp3) is 0.600. The van der Waals surface area contributed by atoms with Crippen molar-refractivity contribution in [2.45, 2.75) is 31.3 Å². The van der Waals surface area contributed by atoms with Gasteiger partial charge in [0.2, 0.25) is 5.91 Å². The lowest BCUT2D eigenvalue weighted by Gasteiger charge is -2.47. The molecule has 7 heteroatoms. The third kappa shape index (κ3) is 4.84. The molecule has 2 aliphatic heterocycles. The van der Waals surface area contributed by atoms with Gasteiger partial charge in [0.05, 0.1) is 13.1 Å². The molecule has 1 aromatic rings. The molecule has 1 aromatic carbocycles. The van der Waals surface area contributed by atoms with Crippen LogP contribution in [0.3, 0.4) is 0 Å². The molecule has 0 N–H and O–H groups in total. The molecule has 1 spiro atoms. The number of hydrogen-bond acceptors (Lipinski definition) is 4. The summed E-state index contributed by atoms with van der Waals surface area (Å²) in [5.41, 5.74) is -0.0347. The summed E-state index contributed by atoms with van der Waals surface area (Å²) in [6.07, 6.45) is 2.96. The van der Waals surface area contributed by atoms with E-state index >= 15 is 0 Å². The molecule has 0 saturated carbocycles. The van der Waals surface area contributed by atoms with Crippen molar-refractivity contribution in [1.82, 2.24) is 9.80 Å². The lowest BCUT2D eigenvalue weighted by molar-refractivity contribution is -0.153. The molecular weight excluding hydrogens is 349 g/mol. The SMILES string of the molecule is CN(C)CCCC(=O)N1CCCC2(C1)CN(c1cccc(F)c1)C(=O)CO2. The Labute approximate surface area is 159 Å². The van der Waals surface area contributed by atoms with E-state index in [0.29, 0.717) is 25.2 Å². The maximum absolute atomic E-state index is 13.6. The van der Waals surface area contributed by atoms with Gasteiger partial charge in [-0.2, -0.15) is 0 Å². The zero-order valence-corrected chi connectivity index (χ0v) is 16.1. The highest BCUT2D eigenvalue weighted by Gasteiger charge is 2.44. The van der Waals surface area contributed by atoms with Gasteiger partial charge in [-0.1, -0.05) is 6.07 Å². The number of carbonyl (C=O) groups excluding carboxylic acids is 2. The van der Waals surface area contributed by atoms with E-state index in [1.54, 1.807) is 17.0 Å². The monoisotopic (exact) mass is 377 g/mol. The molecule has 3 rings (SSSR count). The molecule has 2 heterocycles. The van der Waals surface area contributed by atoms with Crippen molar-refractivity contribution in [3.63, 3.8) is 0 Å². The van der Waals surface area contributed by atoms with E-state index in [0.717, 1.165) is 32.4 Å². The zero-order valence-electron chi connectivity index (χ0n) is 16.1. The number of halogens is 1. The largest absolute Gasteiger partial charge is 0.361 e. The maximum atomic E-state index is 13.6. The Kier molecular flexibility index (Phi) is 6.11. The van der Waals surface area contributed by atoms with Crippen LogP contribution < -0.4 is 4.90 Å².